The SMILES string of the molecule is CCN1CCN(c2ccc(Nc3ncc4ccc5onc(C(C)C)c5c4n3)nc2C)CC1. The zero-order chi connectivity index (χ0) is 22.2. The van der Waals surface area contributed by atoms with Gasteiger partial charge >= 0.3 is 0 Å². The van der Waals surface area contributed by atoms with Crippen LogP contribution in [0.15, 0.2) is 35.0 Å². The van der Waals surface area contributed by atoms with E-state index in [1.165, 1.54) is 5.69 Å². The average Bonchev–Trinajstić information content (AvgIpc) is 3.24. The Morgan fingerprint density at radius 1 is 1.06 bits per heavy atom. The molecular weight excluding hydrogens is 402 g/mol. The fourth-order valence-corrected chi connectivity index (χ4v) is 4.38. The second-order valence-electron chi connectivity index (χ2n) is 8.64. The minimum absolute atomic E-state index is 0.240. The molecule has 8 nitrogen and oxygen atoms in total. The molecule has 1 aliphatic heterocycles. The van der Waals surface area contributed by atoms with Crippen LogP contribution in [0.3, 0.4) is 0 Å². The molecule has 32 heavy (non-hydrogen) atoms. The predicted molar refractivity (Wildman–Crippen MR) is 128 cm³/mol. The molecule has 3 aromatic heterocycles. The van der Waals surface area contributed by atoms with Crippen molar-refractivity contribution in [1.29, 1.82) is 0 Å². The summed E-state index contributed by atoms with van der Waals surface area (Å²) >= 11 is 0. The van der Waals surface area contributed by atoms with Crippen LogP contribution in [-0.4, -0.2) is 57.7 Å². The van der Waals surface area contributed by atoms with E-state index in [1.807, 2.05) is 24.4 Å². The molecule has 0 saturated carbocycles. The van der Waals surface area contributed by atoms with E-state index in [4.69, 9.17) is 14.5 Å². The number of hydrogen-bond acceptors (Lipinski definition) is 8. The summed E-state index contributed by atoms with van der Waals surface area (Å²) in [4.78, 5) is 19.0. The Morgan fingerprint density at radius 2 is 1.88 bits per heavy atom. The van der Waals surface area contributed by atoms with Crippen LogP contribution in [-0.2, 0) is 0 Å². The maximum Gasteiger partial charge on any atom is 0.228 e. The first-order valence-corrected chi connectivity index (χ1v) is 11.3. The normalized spacial score (nSPS) is 15.2. The summed E-state index contributed by atoms with van der Waals surface area (Å²) in [5, 5.41) is 9.45. The smallest absolute Gasteiger partial charge is 0.228 e. The molecule has 8 heteroatoms. The summed E-state index contributed by atoms with van der Waals surface area (Å²) in [6, 6.07) is 8.03. The summed E-state index contributed by atoms with van der Waals surface area (Å²) in [6.45, 7) is 13.8. The molecule has 0 bridgehead atoms. The lowest BCUT2D eigenvalue weighted by Crippen LogP contribution is -2.46. The van der Waals surface area contributed by atoms with Crippen LogP contribution >= 0.6 is 0 Å². The Balaban J connectivity index is 1.42. The Labute approximate surface area is 187 Å². The monoisotopic (exact) mass is 431 g/mol. The zero-order valence-electron chi connectivity index (χ0n) is 19.1. The molecule has 1 fully saturated rings. The fourth-order valence-electron chi connectivity index (χ4n) is 4.38. The van der Waals surface area contributed by atoms with Gasteiger partial charge in [-0.1, -0.05) is 25.9 Å². The van der Waals surface area contributed by atoms with E-state index in [0.29, 0.717) is 5.95 Å². The van der Waals surface area contributed by atoms with Crippen molar-refractivity contribution in [2.75, 3.05) is 42.9 Å². The Morgan fingerprint density at radius 3 is 2.59 bits per heavy atom. The van der Waals surface area contributed by atoms with E-state index in [9.17, 15) is 0 Å². The molecule has 166 valence electrons. The van der Waals surface area contributed by atoms with Crippen LogP contribution in [0.5, 0.6) is 0 Å². The third-order valence-electron chi connectivity index (χ3n) is 6.22. The second-order valence-corrected chi connectivity index (χ2v) is 8.64. The number of nitrogens with one attached hydrogen (secondary N) is 1. The zero-order valence-corrected chi connectivity index (χ0v) is 19.1. The number of anilines is 3. The third-order valence-corrected chi connectivity index (χ3v) is 6.22. The van der Waals surface area contributed by atoms with Crippen molar-refractivity contribution in [3.05, 3.63) is 41.9 Å². The highest BCUT2D eigenvalue weighted by molar-refractivity contribution is 6.04. The number of aromatic nitrogens is 4. The summed E-state index contributed by atoms with van der Waals surface area (Å²) in [7, 11) is 0. The van der Waals surface area contributed by atoms with E-state index < -0.39 is 0 Å². The molecule has 1 aromatic carbocycles. The van der Waals surface area contributed by atoms with Gasteiger partial charge in [0.1, 0.15) is 5.82 Å². The van der Waals surface area contributed by atoms with Crippen molar-refractivity contribution < 1.29 is 4.52 Å². The average molecular weight is 432 g/mol. The van der Waals surface area contributed by atoms with Crippen LogP contribution < -0.4 is 10.2 Å². The van der Waals surface area contributed by atoms with Gasteiger partial charge in [0.25, 0.3) is 0 Å². The summed E-state index contributed by atoms with van der Waals surface area (Å²) in [6.07, 6.45) is 1.83. The molecule has 0 unspecified atom stereocenters. The van der Waals surface area contributed by atoms with Crippen LogP contribution in [0.2, 0.25) is 0 Å². The molecular formula is C24H29N7O. The van der Waals surface area contributed by atoms with Crippen molar-refractivity contribution >= 4 is 39.3 Å². The van der Waals surface area contributed by atoms with Gasteiger partial charge < -0.3 is 19.6 Å². The Kier molecular flexibility index (Phi) is 5.38. The number of fused-ring (bicyclic) bond motifs is 3. The van der Waals surface area contributed by atoms with Crippen molar-refractivity contribution in [2.45, 2.75) is 33.6 Å². The lowest BCUT2D eigenvalue weighted by molar-refractivity contribution is 0.271. The number of benzene rings is 1. The minimum atomic E-state index is 0.240. The largest absolute Gasteiger partial charge is 0.368 e. The maximum absolute atomic E-state index is 5.53. The Bertz CT molecular complexity index is 1260. The highest BCUT2D eigenvalue weighted by atomic mass is 16.5. The number of hydrogen-bond donors (Lipinski definition) is 1. The molecule has 0 radical (unpaired) electrons. The van der Waals surface area contributed by atoms with Crippen molar-refractivity contribution in [3.63, 3.8) is 0 Å². The maximum atomic E-state index is 5.53. The standard InChI is InChI=1S/C24H29N7O/c1-5-30-10-12-31(13-11-30)18-7-9-20(26-16(18)4)27-24-25-14-17-6-8-19-21(23(17)28-24)22(15(2)3)29-32-19/h6-9,14-15H,5,10-13H2,1-4H3,(H,25,26,27,28). The molecule has 5 rings (SSSR count). The minimum Gasteiger partial charge on any atom is -0.368 e. The number of likely N-dealkylation sites (N-methyl/N-ethyl adjacent to an activating group) is 1. The summed E-state index contributed by atoms with van der Waals surface area (Å²) < 4.78 is 5.53. The summed E-state index contributed by atoms with van der Waals surface area (Å²) in [5.74, 6) is 1.49. The van der Waals surface area contributed by atoms with E-state index in [2.05, 4.69) is 59.0 Å². The lowest BCUT2D eigenvalue weighted by Gasteiger charge is -2.36. The van der Waals surface area contributed by atoms with Gasteiger partial charge in [0, 0.05) is 37.8 Å². The first-order chi connectivity index (χ1) is 15.5. The van der Waals surface area contributed by atoms with Gasteiger partial charge in [-0.15, -0.1) is 0 Å². The number of pyridine rings is 1. The van der Waals surface area contributed by atoms with Crippen LogP contribution in [0.4, 0.5) is 17.5 Å². The van der Waals surface area contributed by atoms with Crippen molar-refractivity contribution in [3.8, 4) is 0 Å². The molecule has 4 heterocycles. The quantitative estimate of drug-likeness (QED) is 0.495. The third kappa shape index (κ3) is 3.75. The van der Waals surface area contributed by atoms with Crippen LogP contribution in [0, 0.1) is 6.92 Å². The topological polar surface area (TPSA) is 83.2 Å². The summed E-state index contributed by atoms with van der Waals surface area (Å²) in [5.41, 5.74) is 4.69. The van der Waals surface area contributed by atoms with Crippen LogP contribution in [0.1, 0.15) is 38.1 Å². The number of piperazine rings is 1. The molecule has 1 N–H and O–H groups in total. The molecule has 1 saturated heterocycles. The number of rotatable bonds is 5. The highest BCUT2D eigenvalue weighted by Gasteiger charge is 2.19. The molecule has 0 aliphatic carbocycles. The second kappa shape index (κ2) is 8.35. The van der Waals surface area contributed by atoms with Gasteiger partial charge in [-0.2, -0.15) is 0 Å². The van der Waals surface area contributed by atoms with Gasteiger partial charge in [0.05, 0.1) is 28.0 Å². The highest BCUT2D eigenvalue weighted by Crippen LogP contribution is 2.31. The molecule has 0 atom stereocenters. The van der Waals surface area contributed by atoms with Gasteiger partial charge in [0.2, 0.25) is 5.95 Å². The molecule has 0 spiro atoms. The van der Waals surface area contributed by atoms with Crippen molar-refractivity contribution in [1.82, 2.24) is 25.0 Å². The lowest BCUT2D eigenvalue weighted by atomic mass is 10.0. The number of aryl methyl sites for hydroxylation is 1. The first kappa shape index (κ1) is 20.6. The predicted octanol–water partition coefficient (Wildman–Crippen LogP) is 4.48. The van der Waals surface area contributed by atoms with E-state index in [0.717, 1.165) is 71.8 Å². The van der Waals surface area contributed by atoms with Gasteiger partial charge in [-0.3, -0.25) is 0 Å². The molecule has 0 amide bonds. The van der Waals surface area contributed by atoms with Gasteiger partial charge in [0.15, 0.2) is 5.58 Å². The van der Waals surface area contributed by atoms with E-state index in [1.54, 1.807) is 0 Å². The molecule has 4 aromatic rings. The van der Waals surface area contributed by atoms with Crippen molar-refractivity contribution in [2.24, 2.45) is 0 Å². The first-order valence-electron chi connectivity index (χ1n) is 11.3. The van der Waals surface area contributed by atoms with E-state index >= 15 is 0 Å². The Hall–Kier alpha value is -3.26. The van der Waals surface area contributed by atoms with Gasteiger partial charge in [-0.05, 0) is 43.7 Å². The van der Waals surface area contributed by atoms with Crippen LogP contribution in [0.25, 0.3) is 21.9 Å². The van der Waals surface area contributed by atoms with Gasteiger partial charge in [-0.25, -0.2) is 15.0 Å². The van der Waals surface area contributed by atoms with E-state index in [-0.39, 0.29) is 5.92 Å². The fraction of sp³-hybridized carbons (Fsp3) is 0.417. The molecule has 1 aliphatic rings. The number of nitrogens with zero attached hydrogens (tertiary/aromatic N) is 6.